The Morgan fingerprint density at radius 3 is 2.26 bits per heavy atom. The first-order valence-corrected chi connectivity index (χ1v) is 8.15. The second-order valence-corrected chi connectivity index (χ2v) is 5.98. The van der Waals surface area contributed by atoms with E-state index in [1.54, 1.807) is 7.11 Å². The van der Waals surface area contributed by atoms with Crippen LogP contribution in [0.4, 0.5) is 0 Å². The first-order valence-electron chi connectivity index (χ1n) is 8.15. The zero-order valence-electron chi connectivity index (χ0n) is 14.6. The summed E-state index contributed by atoms with van der Waals surface area (Å²) in [4.78, 5) is 0. The molecule has 0 radical (unpaired) electrons. The summed E-state index contributed by atoms with van der Waals surface area (Å²) in [5.74, 6) is 1.87. The van der Waals surface area contributed by atoms with E-state index in [-0.39, 0.29) is 0 Å². The van der Waals surface area contributed by atoms with Gasteiger partial charge in [0.2, 0.25) is 0 Å². The first kappa shape index (κ1) is 17.4. The third-order valence-corrected chi connectivity index (χ3v) is 4.01. The fourth-order valence-electron chi connectivity index (χ4n) is 2.98. The van der Waals surface area contributed by atoms with Gasteiger partial charge in [0.05, 0.1) is 13.7 Å². The van der Waals surface area contributed by atoms with Gasteiger partial charge in [0, 0.05) is 5.92 Å². The fraction of sp³-hybridized carbons (Fsp3) is 0.400. The highest BCUT2D eigenvalue weighted by atomic mass is 16.5. The summed E-state index contributed by atoms with van der Waals surface area (Å²) >= 11 is 0. The number of methoxy groups -OCH3 is 1. The molecule has 0 aliphatic carbocycles. The maximum atomic E-state index is 6.05. The van der Waals surface area contributed by atoms with Crippen molar-refractivity contribution in [2.75, 3.05) is 20.3 Å². The monoisotopic (exact) mass is 313 g/mol. The van der Waals surface area contributed by atoms with Gasteiger partial charge in [0.1, 0.15) is 0 Å². The lowest BCUT2D eigenvalue weighted by atomic mass is 9.90. The van der Waals surface area contributed by atoms with Crippen LogP contribution in [0.5, 0.6) is 11.5 Å². The van der Waals surface area contributed by atoms with E-state index in [1.165, 1.54) is 22.3 Å². The van der Waals surface area contributed by atoms with Gasteiger partial charge >= 0.3 is 0 Å². The number of ether oxygens (including phenoxy) is 2. The lowest BCUT2D eigenvalue weighted by Gasteiger charge is -2.18. The highest BCUT2D eigenvalue weighted by Gasteiger charge is 2.13. The number of hydrogen-bond donors (Lipinski definition) is 1. The maximum absolute atomic E-state index is 6.05. The van der Waals surface area contributed by atoms with Crippen molar-refractivity contribution >= 4 is 0 Å². The van der Waals surface area contributed by atoms with Crippen molar-refractivity contribution < 1.29 is 9.47 Å². The lowest BCUT2D eigenvalue weighted by molar-refractivity contribution is 0.310. The zero-order chi connectivity index (χ0) is 16.8. The molecule has 2 rings (SSSR count). The molecule has 2 aromatic carbocycles. The van der Waals surface area contributed by atoms with Crippen molar-refractivity contribution in [3.63, 3.8) is 0 Å². The minimum Gasteiger partial charge on any atom is -0.493 e. The normalized spacial score (nSPS) is 12.0. The number of rotatable bonds is 7. The molecule has 0 saturated heterocycles. The molecular formula is C20H27NO2. The van der Waals surface area contributed by atoms with Gasteiger partial charge in [0.15, 0.2) is 11.5 Å². The van der Waals surface area contributed by atoms with Crippen LogP contribution in [-0.2, 0) is 6.42 Å². The lowest BCUT2D eigenvalue weighted by Crippen LogP contribution is -2.15. The average Bonchev–Trinajstić information content (AvgIpc) is 2.53. The summed E-state index contributed by atoms with van der Waals surface area (Å²) in [5, 5.41) is 0. The van der Waals surface area contributed by atoms with Gasteiger partial charge in [-0.25, -0.2) is 0 Å². The van der Waals surface area contributed by atoms with Crippen LogP contribution in [0.2, 0.25) is 0 Å². The van der Waals surface area contributed by atoms with Crippen molar-refractivity contribution in [3.8, 4) is 11.5 Å². The molecule has 0 saturated carbocycles. The quantitative estimate of drug-likeness (QED) is 0.840. The topological polar surface area (TPSA) is 44.5 Å². The molecule has 124 valence electrons. The Hall–Kier alpha value is -2.00. The molecular weight excluding hydrogens is 286 g/mol. The molecule has 1 unspecified atom stereocenters. The molecule has 0 aliphatic heterocycles. The van der Waals surface area contributed by atoms with Crippen molar-refractivity contribution in [2.24, 2.45) is 5.73 Å². The van der Waals surface area contributed by atoms with Crippen LogP contribution >= 0.6 is 0 Å². The van der Waals surface area contributed by atoms with E-state index in [0.29, 0.717) is 19.1 Å². The molecule has 2 aromatic rings. The SMILES string of the molecule is CCOc1ccc(CC(CN)c2cc(C)cc(C)c2)cc1OC. The Kier molecular flexibility index (Phi) is 6.05. The molecule has 0 aliphatic rings. The summed E-state index contributed by atoms with van der Waals surface area (Å²) in [6.45, 7) is 7.48. The molecule has 3 nitrogen and oxygen atoms in total. The van der Waals surface area contributed by atoms with Crippen molar-refractivity contribution in [1.82, 2.24) is 0 Å². The van der Waals surface area contributed by atoms with Crippen LogP contribution < -0.4 is 15.2 Å². The third-order valence-electron chi connectivity index (χ3n) is 4.01. The minimum absolute atomic E-state index is 0.302. The Labute approximate surface area is 139 Å². The highest BCUT2D eigenvalue weighted by molar-refractivity contribution is 5.43. The Morgan fingerprint density at radius 1 is 1.00 bits per heavy atom. The largest absolute Gasteiger partial charge is 0.493 e. The Balaban J connectivity index is 2.24. The zero-order valence-corrected chi connectivity index (χ0v) is 14.6. The van der Waals surface area contributed by atoms with E-state index in [4.69, 9.17) is 15.2 Å². The average molecular weight is 313 g/mol. The summed E-state index contributed by atoms with van der Waals surface area (Å²) < 4.78 is 11.0. The maximum Gasteiger partial charge on any atom is 0.161 e. The van der Waals surface area contributed by atoms with Gasteiger partial charge in [-0.1, -0.05) is 35.4 Å². The van der Waals surface area contributed by atoms with Gasteiger partial charge < -0.3 is 15.2 Å². The van der Waals surface area contributed by atoms with Crippen LogP contribution in [0.3, 0.4) is 0 Å². The number of nitrogens with two attached hydrogens (primary N) is 1. The second-order valence-electron chi connectivity index (χ2n) is 5.98. The summed E-state index contributed by atoms with van der Waals surface area (Å²) in [5.41, 5.74) is 11.1. The molecule has 0 amide bonds. The van der Waals surface area contributed by atoms with E-state index in [2.05, 4.69) is 44.2 Å². The summed E-state index contributed by atoms with van der Waals surface area (Å²) in [6.07, 6.45) is 0.891. The Morgan fingerprint density at radius 2 is 1.70 bits per heavy atom. The molecule has 1 atom stereocenters. The molecule has 2 N–H and O–H groups in total. The van der Waals surface area contributed by atoms with Crippen molar-refractivity contribution in [2.45, 2.75) is 33.1 Å². The molecule has 3 heteroatoms. The smallest absolute Gasteiger partial charge is 0.161 e. The number of aryl methyl sites for hydroxylation is 2. The van der Waals surface area contributed by atoms with Gasteiger partial charge in [-0.05, 0) is 57.0 Å². The molecule has 0 fully saturated rings. The van der Waals surface area contributed by atoms with Crippen LogP contribution in [0, 0.1) is 13.8 Å². The van der Waals surface area contributed by atoms with Gasteiger partial charge in [-0.3, -0.25) is 0 Å². The van der Waals surface area contributed by atoms with Gasteiger partial charge in [0.25, 0.3) is 0 Å². The Bertz CT molecular complexity index is 632. The van der Waals surface area contributed by atoms with Crippen molar-refractivity contribution in [3.05, 3.63) is 58.7 Å². The number of benzene rings is 2. The predicted molar refractivity (Wildman–Crippen MR) is 95.6 cm³/mol. The summed E-state index contributed by atoms with van der Waals surface area (Å²) in [6, 6.07) is 12.8. The third kappa shape index (κ3) is 4.49. The van der Waals surface area contributed by atoms with Crippen LogP contribution in [0.1, 0.15) is 35.1 Å². The van der Waals surface area contributed by atoms with Crippen LogP contribution in [-0.4, -0.2) is 20.3 Å². The van der Waals surface area contributed by atoms with E-state index in [9.17, 15) is 0 Å². The summed E-state index contributed by atoms with van der Waals surface area (Å²) in [7, 11) is 1.67. The first-order chi connectivity index (χ1) is 11.1. The molecule has 23 heavy (non-hydrogen) atoms. The van der Waals surface area contributed by atoms with Gasteiger partial charge in [-0.15, -0.1) is 0 Å². The standard InChI is InChI=1S/C20H27NO2/c1-5-23-19-7-6-16(12-20(19)22-4)11-18(13-21)17-9-14(2)8-15(3)10-17/h6-10,12,18H,5,11,13,21H2,1-4H3. The van der Waals surface area contributed by atoms with Crippen LogP contribution in [0.25, 0.3) is 0 Å². The molecule has 0 aromatic heterocycles. The van der Waals surface area contributed by atoms with E-state index < -0.39 is 0 Å². The highest BCUT2D eigenvalue weighted by Crippen LogP contribution is 2.30. The number of hydrogen-bond acceptors (Lipinski definition) is 3. The second kappa shape index (κ2) is 8.02. The van der Waals surface area contributed by atoms with Crippen LogP contribution in [0.15, 0.2) is 36.4 Å². The van der Waals surface area contributed by atoms with E-state index in [0.717, 1.165) is 17.9 Å². The van der Waals surface area contributed by atoms with Crippen molar-refractivity contribution in [1.29, 1.82) is 0 Å². The van der Waals surface area contributed by atoms with Gasteiger partial charge in [-0.2, -0.15) is 0 Å². The fourth-order valence-corrected chi connectivity index (χ4v) is 2.98. The molecule has 0 heterocycles. The van der Waals surface area contributed by atoms with E-state index >= 15 is 0 Å². The minimum atomic E-state index is 0.302. The molecule has 0 spiro atoms. The van der Waals surface area contributed by atoms with E-state index in [1.807, 2.05) is 13.0 Å². The molecule has 0 bridgehead atoms. The predicted octanol–water partition coefficient (Wildman–Crippen LogP) is 4.00.